The highest BCUT2D eigenvalue weighted by Crippen LogP contribution is 2.34. The van der Waals surface area contributed by atoms with Crippen molar-refractivity contribution in [1.82, 2.24) is 5.32 Å². The quantitative estimate of drug-likeness (QED) is 0.833. The lowest BCUT2D eigenvalue weighted by Gasteiger charge is -2.26. The molecule has 1 fully saturated rings. The Hall–Kier alpha value is -1.26. The summed E-state index contributed by atoms with van der Waals surface area (Å²) in [6.45, 7) is 4.00. The summed E-state index contributed by atoms with van der Waals surface area (Å²) in [7, 11) is 3.37. The largest absolute Gasteiger partial charge is 0.497 e. The monoisotopic (exact) mass is 279 g/mol. The fraction of sp³-hybridized carbons (Fsp3) is 0.625. The summed E-state index contributed by atoms with van der Waals surface area (Å²) in [5, 5.41) is 3.59. The summed E-state index contributed by atoms with van der Waals surface area (Å²) in [5.74, 6) is 1.67. The van der Waals surface area contributed by atoms with E-state index in [1.54, 1.807) is 14.2 Å². The molecule has 112 valence electrons. The van der Waals surface area contributed by atoms with Gasteiger partial charge >= 0.3 is 0 Å². The van der Waals surface area contributed by atoms with Crippen LogP contribution in [0.15, 0.2) is 18.2 Å². The maximum Gasteiger partial charge on any atom is 0.127 e. The third-order valence-corrected chi connectivity index (χ3v) is 3.73. The second-order valence-corrected chi connectivity index (χ2v) is 5.09. The molecule has 2 atom stereocenters. The molecule has 1 aliphatic heterocycles. The van der Waals surface area contributed by atoms with Crippen LogP contribution in [0.4, 0.5) is 0 Å². The van der Waals surface area contributed by atoms with Gasteiger partial charge in [-0.15, -0.1) is 0 Å². The van der Waals surface area contributed by atoms with Crippen molar-refractivity contribution < 1.29 is 14.2 Å². The van der Waals surface area contributed by atoms with Crippen LogP contribution in [0.3, 0.4) is 0 Å². The molecule has 1 saturated heterocycles. The van der Waals surface area contributed by atoms with Crippen LogP contribution in [0.5, 0.6) is 11.5 Å². The van der Waals surface area contributed by atoms with E-state index in [9.17, 15) is 0 Å². The number of nitrogens with one attached hydrogen (secondary N) is 1. The van der Waals surface area contributed by atoms with E-state index in [0.29, 0.717) is 0 Å². The van der Waals surface area contributed by atoms with Gasteiger partial charge in [-0.05, 0) is 37.9 Å². The Morgan fingerprint density at radius 2 is 2.20 bits per heavy atom. The number of hydrogen-bond donors (Lipinski definition) is 1. The molecule has 4 heteroatoms. The topological polar surface area (TPSA) is 39.7 Å². The van der Waals surface area contributed by atoms with Crippen LogP contribution < -0.4 is 14.8 Å². The van der Waals surface area contributed by atoms with E-state index >= 15 is 0 Å². The lowest BCUT2D eigenvalue weighted by Crippen LogP contribution is -2.32. The van der Waals surface area contributed by atoms with Gasteiger partial charge in [0, 0.05) is 18.2 Å². The summed E-state index contributed by atoms with van der Waals surface area (Å²) in [6.07, 6.45) is 3.55. The van der Waals surface area contributed by atoms with Crippen LogP contribution in [-0.2, 0) is 4.74 Å². The van der Waals surface area contributed by atoms with E-state index in [2.05, 4.69) is 18.3 Å². The van der Waals surface area contributed by atoms with Gasteiger partial charge in [0.1, 0.15) is 11.5 Å². The van der Waals surface area contributed by atoms with Crippen molar-refractivity contribution in [2.45, 2.75) is 38.3 Å². The first-order valence-corrected chi connectivity index (χ1v) is 7.37. The average Bonchev–Trinajstić information content (AvgIpc) is 3.02. The molecule has 1 aromatic carbocycles. The fourth-order valence-corrected chi connectivity index (χ4v) is 2.68. The van der Waals surface area contributed by atoms with Gasteiger partial charge in [-0.25, -0.2) is 0 Å². The van der Waals surface area contributed by atoms with Crippen LogP contribution in [-0.4, -0.2) is 33.5 Å². The van der Waals surface area contributed by atoms with Crippen LogP contribution in [0.2, 0.25) is 0 Å². The smallest absolute Gasteiger partial charge is 0.127 e. The number of rotatable bonds is 7. The van der Waals surface area contributed by atoms with Crippen LogP contribution in [0.1, 0.15) is 37.8 Å². The molecule has 1 aliphatic rings. The summed E-state index contributed by atoms with van der Waals surface area (Å²) < 4.78 is 16.7. The molecular formula is C16H25NO3. The van der Waals surface area contributed by atoms with Crippen LogP contribution >= 0.6 is 0 Å². The van der Waals surface area contributed by atoms with E-state index < -0.39 is 0 Å². The first-order valence-electron chi connectivity index (χ1n) is 7.37. The molecule has 0 amide bonds. The molecule has 20 heavy (non-hydrogen) atoms. The summed E-state index contributed by atoms with van der Waals surface area (Å²) in [4.78, 5) is 0. The van der Waals surface area contributed by atoms with Gasteiger partial charge in [0.05, 0.1) is 26.4 Å². The lowest BCUT2D eigenvalue weighted by atomic mass is 9.98. The second kappa shape index (κ2) is 7.50. The number of methoxy groups -OCH3 is 2. The SMILES string of the molecule is CCCNC(c1ccc(OC)cc1OC)C1CCCO1. The highest BCUT2D eigenvalue weighted by Gasteiger charge is 2.29. The maximum atomic E-state index is 5.87. The molecular weight excluding hydrogens is 254 g/mol. The maximum absolute atomic E-state index is 5.87. The van der Waals surface area contributed by atoms with Gasteiger partial charge in [-0.2, -0.15) is 0 Å². The van der Waals surface area contributed by atoms with Gasteiger partial charge in [0.15, 0.2) is 0 Å². The molecule has 0 spiro atoms. The Morgan fingerprint density at radius 1 is 1.35 bits per heavy atom. The van der Waals surface area contributed by atoms with E-state index in [1.807, 2.05) is 12.1 Å². The van der Waals surface area contributed by atoms with Crippen molar-refractivity contribution >= 4 is 0 Å². The van der Waals surface area contributed by atoms with Gasteiger partial charge in [0.25, 0.3) is 0 Å². The highest BCUT2D eigenvalue weighted by molar-refractivity contribution is 5.43. The number of benzene rings is 1. The summed E-state index contributed by atoms with van der Waals surface area (Å²) >= 11 is 0. The van der Waals surface area contributed by atoms with Gasteiger partial charge < -0.3 is 19.5 Å². The van der Waals surface area contributed by atoms with E-state index in [-0.39, 0.29) is 12.1 Å². The van der Waals surface area contributed by atoms with Crippen molar-refractivity contribution in [3.8, 4) is 11.5 Å². The Balaban J connectivity index is 2.26. The van der Waals surface area contributed by atoms with Crippen LogP contribution in [0.25, 0.3) is 0 Å². The summed E-state index contributed by atoms with van der Waals surface area (Å²) in [5.41, 5.74) is 1.15. The predicted molar refractivity (Wildman–Crippen MR) is 79.6 cm³/mol. The van der Waals surface area contributed by atoms with E-state index in [0.717, 1.165) is 49.5 Å². The Kier molecular flexibility index (Phi) is 5.68. The zero-order valence-electron chi connectivity index (χ0n) is 12.6. The highest BCUT2D eigenvalue weighted by atomic mass is 16.5. The Bertz CT molecular complexity index is 416. The molecule has 4 nitrogen and oxygen atoms in total. The summed E-state index contributed by atoms with van der Waals surface area (Å²) in [6, 6.07) is 6.17. The van der Waals surface area contributed by atoms with Crippen LogP contribution in [0, 0.1) is 0 Å². The molecule has 0 bridgehead atoms. The number of hydrogen-bond acceptors (Lipinski definition) is 4. The van der Waals surface area contributed by atoms with Crippen molar-refractivity contribution in [3.05, 3.63) is 23.8 Å². The van der Waals surface area contributed by atoms with E-state index in [4.69, 9.17) is 14.2 Å². The third-order valence-electron chi connectivity index (χ3n) is 3.73. The van der Waals surface area contributed by atoms with Gasteiger partial charge in [0.2, 0.25) is 0 Å². The van der Waals surface area contributed by atoms with Crippen molar-refractivity contribution in [3.63, 3.8) is 0 Å². The fourth-order valence-electron chi connectivity index (χ4n) is 2.68. The Morgan fingerprint density at radius 3 is 2.80 bits per heavy atom. The second-order valence-electron chi connectivity index (χ2n) is 5.09. The molecule has 0 aromatic heterocycles. The molecule has 0 aliphatic carbocycles. The molecule has 1 N–H and O–H groups in total. The Labute approximate surface area is 121 Å². The minimum absolute atomic E-state index is 0.179. The zero-order valence-corrected chi connectivity index (χ0v) is 12.6. The molecule has 2 rings (SSSR count). The van der Waals surface area contributed by atoms with Crippen molar-refractivity contribution in [2.24, 2.45) is 0 Å². The van der Waals surface area contributed by atoms with Gasteiger partial charge in [-0.1, -0.05) is 6.92 Å². The van der Waals surface area contributed by atoms with Crippen molar-refractivity contribution in [1.29, 1.82) is 0 Å². The standard InChI is InChI=1S/C16H25NO3/c1-4-9-17-16(14-6-5-10-20-14)13-8-7-12(18-2)11-15(13)19-3/h7-8,11,14,16-17H,4-6,9-10H2,1-3H3. The lowest BCUT2D eigenvalue weighted by molar-refractivity contribution is 0.0774. The third kappa shape index (κ3) is 3.44. The minimum Gasteiger partial charge on any atom is -0.497 e. The minimum atomic E-state index is 0.179. The first kappa shape index (κ1) is 15.1. The predicted octanol–water partition coefficient (Wildman–Crippen LogP) is 2.92. The van der Waals surface area contributed by atoms with E-state index in [1.165, 1.54) is 0 Å². The molecule has 2 unspecified atom stereocenters. The van der Waals surface area contributed by atoms with Gasteiger partial charge in [-0.3, -0.25) is 0 Å². The first-order chi connectivity index (χ1) is 9.80. The average molecular weight is 279 g/mol. The molecule has 1 heterocycles. The molecule has 0 saturated carbocycles. The molecule has 0 radical (unpaired) electrons. The number of ether oxygens (including phenoxy) is 3. The zero-order chi connectivity index (χ0) is 14.4. The molecule has 1 aromatic rings. The van der Waals surface area contributed by atoms with Crippen molar-refractivity contribution in [2.75, 3.05) is 27.4 Å². The normalized spacial score (nSPS) is 19.9.